The summed E-state index contributed by atoms with van der Waals surface area (Å²) in [6.45, 7) is 3.79. The van der Waals surface area contributed by atoms with Crippen LogP contribution in [0.2, 0.25) is 0 Å². The number of esters is 1. The Labute approximate surface area is 145 Å². The molecule has 0 aromatic rings. The van der Waals surface area contributed by atoms with Gasteiger partial charge in [0, 0.05) is 45.7 Å². The highest BCUT2D eigenvalue weighted by atomic mass is 16.5. The minimum absolute atomic E-state index is 0.114. The van der Waals surface area contributed by atoms with E-state index in [1.165, 1.54) is 0 Å². The van der Waals surface area contributed by atoms with Crippen LogP contribution in [-0.4, -0.2) is 39.0 Å². The van der Waals surface area contributed by atoms with E-state index in [0.29, 0.717) is 19.6 Å². The van der Waals surface area contributed by atoms with Gasteiger partial charge < -0.3 is 18.9 Å². The molecule has 2 heterocycles. The average molecular weight is 338 g/mol. The standard InChI is InChI=1S/C19H30O5/c20-19-11-3-8-18(24-19)10-5-13-22-15-6-14-21-12-4-9-17-7-1-2-16-23-17/h7-8H,1-6,9-16H2. The molecule has 0 fully saturated rings. The topological polar surface area (TPSA) is 54.0 Å². The largest absolute Gasteiger partial charge is 0.498 e. The van der Waals surface area contributed by atoms with Crippen LogP contribution in [0.3, 0.4) is 0 Å². The van der Waals surface area contributed by atoms with Crippen molar-refractivity contribution in [3.8, 4) is 0 Å². The average Bonchev–Trinajstić information content (AvgIpc) is 2.60. The lowest BCUT2D eigenvalue weighted by Gasteiger charge is -2.14. The van der Waals surface area contributed by atoms with Crippen molar-refractivity contribution in [2.45, 2.75) is 57.8 Å². The number of hydrogen-bond donors (Lipinski definition) is 0. The molecular weight excluding hydrogens is 308 g/mol. The summed E-state index contributed by atoms with van der Waals surface area (Å²) in [5, 5.41) is 0. The fourth-order valence-corrected chi connectivity index (χ4v) is 2.69. The predicted molar refractivity (Wildman–Crippen MR) is 91.4 cm³/mol. The van der Waals surface area contributed by atoms with E-state index in [-0.39, 0.29) is 5.97 Å². The first-order valence-corrected chi connectivity index (χ1v) is 9.21. The summed E-state index contributed by atoms with van der Waals surface area (Å²) in [5.74, 6) is 1.82. The molecule has 0 saturated heterocycles. The van der Waals surface area contributed by atoms with Crippen LogP contribution < -0.4 is 0 Å². The van der Waals surface area contributed by atoms with Crippen molar-refractivity contribution >= 4 is 5.97 Å². The Morgan fingerprint density at radius 2 is 1.54 bits per heavy atom. The Bertz CT molecular complexity index is 427. The first-order valence-electron chi connectivity index (χ1n) is 9.21. The number of hydrogen-bond acceptors (Lipinski definition) is 5. The highest BCUT2D eigenvalue weighted by Crippen LogP contribution is 2.16. The molecule has 0 N–H and O–H groups in total. The summed E-state index contributed by atoms with van der Waals surface area (Å²) in [6, 6.07) is 0. The van der Waals surface area contributed by atoms with Crippen LogP contribution in [0.25, 0.3) is 0 Å². The Morgan fingerprint density at radius 3 is 2.21 bits per heavy atom. The normalized spacial score (nSPS) is 17.8. The Balaban J connectivity index is 1.32. The molecule has 5 nitrogen and oxygen atoms in total. The van der Waals surface area contributed by atoms with Gasteiger partial charge in [-0.25, -0.2) is 0 Å². The number of cyclic esters (lactones) is 1. The minimum atomic E-state index is -0.114. The molecule has 0 aromatic carbocycles. The molecule has 0 unspecified atom stereocenters. The van der Waals surface area contributed by atoms with Crippen LogP contribution in [0.5, 0.6) is 0 Å². The van der Waals surface area contributed by atoms with Crippen LogP contribution in [-0.2, 0) is 23.7 Å². The maximum Gasteiger partial charge on any atom is 0.311 e. The third kappa shape index (κ3) is 8.50. The molecule has 0 aliphatic carbocycles. The molecule has 2 aliphatic heterocycles. The maximum atomic E-state index is 11.1. The third-order valence-electron chi connectivity index (χ3n) is 3.97. The quantitative estimate of drug-likeness (QED) is 0.399. The molecule has 0 spiro atoms. The van der Waals surface area contributed by atoms with Gasteiger partial charge >= 0.3 is 5.97 Å². The number of ether oxygens (including phenoxy) is 4. The van der Waals surface area contributed by atoms with Crippen molar-refractivity contribution in [3.05, 3.63) is 23.7 Å². The Morgan fingerprint density at radius 1 is 0.875 bits per heavy atom. The fourth-order valence-electron chi connectivity index (χ4n) is 2.69. The second-order valence-corrected chi connectivity index (χ2v) is 6.13. The fraction of sp³-hybridized carbons (Fsp3) is 0.737. The van der Waals surface area contributed by atoms with Crippen molar-refractivity contribution < 1.29 is 23.7 Å². The lowest BCUT2D eigenvalue weighted by Crippen LogP contribution is -2.09. The van der Waals surface area contributed by atoms with Crippen LogP contribution >= 0.6 is 0 Å². The number of allylic oxidation sites excluding steroid dienone is 4. The van der Waals surface area contributed by atoms with E-state index in [4.69, 9.17) is 18.9 Å². The molecular formula is C19H30O5. The van der Waals surface area contributed by atoms with E-state index in [9.17, 15) is 4.79 Å². The van der Waals surface area contributed by atoms with Gasteiger partial charge in [0.25, 0.3) is 0 Å². The number of rotatable bonds is 12. The smallest absolute Gasteiger partial charge is 0.311 e. The molecule has 0 bridgehead atoms. The van der Waals surface area contributed by atoms with Crippen LogP contribution in [0, 0.1) is 0 Å². The molecule has 24 heavy (non-hydrogen) atoms. The second-order valence-electron chi connectivity index (χ2n) is 6.13. The van der Waals surface area contributed by atoms with Crippen molar-refractivity contribution in [2.75, 3.05) is 33.0 Å². The van der Waals surface area contributed by atoms with E-state index in [0.717, 1.165) is 82.7 Å². The zero-order valence-corrected chi connectivity index (χ0v) is 14.6. The van der Waals surface area contributed by atoms with Crippen molar-refractivity contribution in [1.29, 1.82) is 0 Å². The summed E-state index contributed by atoms with van der Waals surface area (Å²) in [6.07, 6.45) is 12.4. The van der Waals surface area contributed by atoms with Crippen LogP contribution in [0.15, 0.2) is 23.7 Å². The molecule has 136 valence electrons. The van der Waals surface area contributed by atoms with Gasteiger partial charge in [-0.3, -0.25) is 4.79 Å². The monoisotopic (exact) mass is 338 g/mol. The van der Waals surface area contributed by atoms with Crippen LogP contribution in [0.4, 0.5) is 0 Å². The second kappa shape index (κ2) is 12.1. The Hall–Kier alpha value is -1.33. The molecule has 5 heteroatoms. The Kier molecular flexibility index (Phi) is 9.57. The van der Waals surface area contributed by atoms with Gasteiger partial charge in [-0.05, 0) is 50.7 Å². The molecule has 0 atom stereocenters. The molecule has 0 amide bonds. The highest BCUT2D eigenvalue weighted by Gasteiger charge is 2.11. The van der Waals surface area contributed by atoms with Gasteiger partial charge in [-0.2, -0.15) is 0 Å². The van der Waals surface area contributed by atoms with Gasteiger partial charge in [0.05, 0.1) is 12.4 Å². The lowest BCUT2D eigenvalue weighted by atomic mass is 10.2. The maximum absolute atomic E-state index is 11.1. The van der Waals surface area contributed by atoms with E-state index in [2.05, 4.69) is 6.08 Å². The van der Waals surface area contributed by atoms with Crippen molar-refractivity contribution in [1.82, 2.24) is 0 Å². The molecule has 2 rings (SSSR count). The van der Waals surface area contributed by atoms with Crippen molar-refractivity contribution in [3.63, 3.8) is 0 Å². The number of carbonyl (C=O) groups excluding carboxylic acids is 1. The van der Waals surface area contributed by atoms with Gasteiger partial charge in [0.15, 0.2) is 0 Å². The minimum Gasteiger partial charge on any atom is -0.498 e. The lowest BCUT2D eigenvalue weighted by molar-refractivity contribution is -0.140. The summed E-state index contributed by atoms with van der Waals surface area (Å²) in [7, 11) is 0. The summed E-state index contributed by atoms with van der Waals surface area (Å²) in [5.41, 5.74) is 0. The van der Waals surface area contributed by atoms with E-state index in [1.807, 2.05) is 6.08 Å². The van der Waals surface area contributed by atoms with Gasteiger partial charge in [-0.1, -0.05) is 0 Å². The first-order chi connectivity index (χ1) is 11.8. The zero-order chi connectivity index (χ0) is 16.9. The van der Waals surface area contributed by atoms with Crippen LogP contribution in [0.1, 0.15) is 57.8 Å². The van der Waals surface area contributed by atoms with E-state index in [1.54, 1.807) is 0 Å². The first kappa shape index (κ1) is 19.0. The third-order valence-corrected chi connectivity index (χ3v) is 3.97. The zero-order valence-electron chi connectivity index (χ0n) is 14.6. The van der Waals surface area contributed by atoms with Gasteiger partial charge in [-0.15, -0.1) is 0 Å². The highest BCUT2D eigenvalue weighted by molar-refractivity contribution is 5.71. The molecule has 0 aromatic heterocycles. The summed E-state index contributed by atoms with van der Waals surface area (Å²) in [4.78, 5) is 11.1. The molecule has 2 aliphatic rings. The molecule has 0 radical (unpaired) electrons. The molecule has 0 saturated carbocycles. The summed E-state index contributed by atoms with van der Waals surface area (Å²) >= 11 is 0. The van der Waals surface area contributed by atoms with Gasteiger partial charge in [0.1, 0.15) is 5.76 Å². The van der Waals surface area contributed by atoms with E-state index >= 15 is 0 Å². The summed E-state index contributed by atoms with van der Waals surface area (Å²) < 4.78 is 21.9. The van der Waals surface area contributed by atoms with E-state index < -0.39 is 0 Å². The van der Waals surface area contributed by atoms with Crippen molar-refractivity contribution in [2.24, 2.45) is 0 Å². The SMILES string of the molecule is O=C1CCC=C(CCCOCCCOCCCC2=CCCCO2)O1. The van der Waals surface area contributed by atoms with Gasteiger partial charge in [0.2, 0.25) is 0 Å². The number of carbonyl (C=O) groups is 1. The predicted octanol–water partition coefficient (Wildman–Crippen LogP) is 3.89.